The molecule has 1 aromatic carbocycles. The SMILES string of the molecule is CCCCCCCCP(CCCCCCCC)C(C)CCCCCCC.N.O=C(O)c1ccccc1S. The van der Waals surface area contributed by atoms with Gasteiger partial charge in [0.15, 0.2) is 0 Å². The first-order valence-electron chi connectivity index (χ1n) is 15.2. The number of rotatable bonds is 22. The molecule has 0 aromatic heterocycles. The Bertz CT molecular complexity index is 613. The van der Waals surface area contributed by atoms with E-state index in [2.05, 4.69) is 40.3 Å². The highest BCUT2D eigenvalue weighted by Crippen LogP contribution is 2.45. The average Bonchev–Trinajstić information content (AvgIpc) is 2.87. The molecule has 0 aliphatic heterocycles. The van der Waals surface area contributed by atoms with Crippen molar-refractivity contribution in [3.63, 3.8) is 0 Å². The zero-order valence-electron chi connectivity index (χ0n) is 25.0. The summed E-state index contributed by atoms with van der Waals surface area (Å²) in [6, 6.07) is 6.58. The molecule has 0 radical (unpaired) electrons. The second-order valence-electron chi connectivity index (χ2n) is 10.4. The number of carbonyl (C=O) groups is 1. The average molecular weight is 556 g/mol. The van der Waals surface area contributed by atoms with E-state index in [0.29, 0.717) is 12.8 Å². The van der Waals surface area contributed by atoms with E-state index < -0.39 is 5.97 Å². The number of carboxylic acids is 1. The maximum absolute atomic E-state index is 10.4. The van der Waals surface area contributed by atoms with Gasteiger partial charge >= 0.3 is 5.97 Å². The van der Waals surface area contributed by atoms with Gasteiger partial charge in [-0.15, -0.1) is 20.6 Å². The lowest BCUT2D eigenvalue weighted by Gasteiger charge is -2.25. The van der Waals surface area contributed by atoms with E-state index in [1.165, 1.54) is 122 Å². The van der Waals surface area contributed by atoms with Gasteiger partial charge in [-0.25, -0.2) is 4.79 Å². The van der Waals surface area contributed by atoms with Gasteiger partial charge in [0.05, 0.1) is 5.56 Å². The van der Waals surface area contributed by atoms with Gasteiger partial charge in [0.2, 0.25) is 0 Å². The van der Waals surface area contributed by atoms with Gasteiger partial charge in [-0.3, -0.25) is 0 Å². The lowest BCUT2D eigenvalue weighted by atomic mass is 10.1. The molecular weight excluding hydrogens is 493 g/mol. The topological polar surface area (TPSA) is 72.3 Å². The number of hydrogen-bond acceptors (Lipinski definition) is 3. The quantitative estimate of drug-likeness (QED) is 0.0756. The predicted molar refractivity (Wildman–Crippen MR) is 172 cm³/mol. The van der Waals surface area contributed by atoms with E-state index >= 15 is 0 Å². The maximum Gasteiger partial charge on any atom is 0.336 e. The van der Waals surface area contributed by atoms with E-state index in [0.717, 1.165) is 5.66 Å². The molecule has 0 fully saturated rings. The number of benzene rings is 1. The molecule has 0 heterocycles. The highest BCUT2D eigenvalue weighted by atomic mass is 32.1. The Labute approximate surface area is 238 Å². The Kier molecular flexibility index (Phi) is 29.7. The van der Waals surface area contributed by atoms with Gasteiger partial charge in [-0.1, -0.05) is 136 Å². The molecule has 1 atom stereocenters. The van der Waals surface area contributed by atoms with Crippen molar-refractivity contribution in [2.24, 2.45) is 0 Å². The summed E-state index contributed by atoms with van der Waals surface area (Å²) >= 11 is 3.96. The molecule has 0 saturated heterocycles. The minimum atomic E-state index is -0.939. The van der Waals surface area contributed by atoms with E-state index in [9.17, 15) is 4.79 Å². The van der Waals surface area contributed by atoms with Crippen LogP contribution in [0.5, 0.6) is 0 Å². The van der Waals surface area contributed by atoms with Crippen LogP contribution in [0.1, 0.15) is 154 Å². The molecule has 1 rings (SSSR count). The Morgan fingerprint density at radius 2 is 1.14 bits per heavy atom. The van der Waals surface area contributed by atoms with Crippen LogP contribution in [0.25, 0.3) is 0 Å². The van der Waals surface area contributed by atoms with Crippen molar-refractivity contribution >= 4 is 26.5 Å². The fourth-order valence-corrected chi connectivity index (χ4v) is 7.79. The molecule has 1 unspecified atom stereocenters. The predicted octanol–water partition coefficient (Wildman–Crippen LogP) is 11.8. The molecule has 3 nitrogen and oxygen atoms in total. The summed E-state index contributed by atoms with van der Waals surface area (Å²) in [5.74, 6) is -0.939. The van der Waals surface area contributed by atoms with E-state index in [1.807, 2.05) is 0 Å². The molecule has 0 bridgehead atoms. The minimum absolute atomic E-state index is 0. The Morgan fingerprint density at radius 1 is 0.730 bits per heavy atom. The van der Waals surface area contributed by atoms with Gasteiger partial charge in [0.25, 0.3) is 0 Å². The molecule has 0 aliphatic rings. The summed E-state index contributed by atoms with van der Waals surface area (Å²) in [6.07, 6.45) is 29.5. The van der Waals surface area contributed by atoms with Crippen LogP contribution in [-0.2, 0) is 0 Å². The van der Waals surface area contributed by atoms with Gasteiger partial charge in [-0.05, 0) is 49.4 Å². The molecule has 0 aliphatic carbocycles. The van der Waals surface area contributed by atoms with Crippen molar-refractivity contribution in [2.45, 2.75) is 154 Å². The number of aromatic carboxylic acids is 1. The van der Waals surface area contributed by atoms with Crippen molar-refractivity contribution < 1.29 is 9.90 Å². The highest BCUT2D eigenvalue weighted by Gasteiger charge is 2.15. The normalized spacial score (nSPS) is 11.5. The van der Waals surface area contributed by atoms with Gasteiger partial charge in [0, 0.05) is 4.90 Å². The van der Waals surface area contributed by atoms with Gasteiger partial charge < -0.3 is 11.3 Å². The summed E-state index contributed by atoms with van der Waals surface area (Å²) in [5.41, 5.74) is 1.27. The monoisotopic (exact) mass is 555 g/mol. The first kappa shape index (κ1) is 38.6. The van der Waals surface area contributed by atoms with E-state index in [-0.39, 0.29) is 11.7 Å². The first-order valence-corrected chi connectivity index (χ1v) is 17.5. The number of unbranched alkanes of at least 4 members (excludes halogenated alkanes) is 14. The van der Waals surface area contributed by atoms with Crippen LogP contribution in [0.3, 0.4) is 0 Å². The Morgan fingerprint density at radius 3 is 1.54 bits per heavy atom. The molecule has 1 aromatic rings. The zero-order chi connectivity index (χ0) is 26.9. The minimum Gasteiger partial charge on any atom is -0.478 e. The highest BCUT2D eigenvalue weighted by molar-refractivity contribution is 7.80. The molecular formula is C32H62NO2PS. The van der Waals surface area contributed by atoms with E-state index in [4.69, 9.17) is 5.11 Å². The number of carboxylic acid groups (broad SMARTS) is 1. The summed E-state index contributed by atoms with van der Waals surface area (Å²) in [6.45, 7) is 9.56. The third-order valence-corrected chi connectivity index (χ3v) is 10.8. The molecule has 4 N–H and O–H groups in total. The fraction of sp³-hybridized carbons (Fsp3) is 0.781. The van der Waals surface area contributed by atoms with Crippen LogP contribution >= 0.6 is 20.6 Å². The van der Waals surface area contributed by atoms with Crippen molar-refractivity contribution in [3.8, 4) is 0 Å². The lowest BCUT2D eigenvalue weighted by molar-refractivity contribution is 0.0693. The van der Waals surface area contributed by atoms with Crippen molar-refractivity contribution in [2.75, 3.05) is 12.3 Å². The van der Waals surface area contributed by atoms with Crippen LogP contribution in [0.4, 0.5) is 0 Å². The standard InChI is InChI=1S/C25H53P.C7H6O2S.H3N/c1-5-8-11-14-17-20-23-26(24-21-18-15-12-9-6-2)25(4)22-19-16-13-10-7-3;8-7(9)5-3-1-2-4-6(5)10;/h25H,5-24H2,1-4H3;1-4,10H,(H,8,9);1H3. The van der Waals surface area contributed by atoms with Gasteiger partial charge in [0.1, 0.15) is 0 Å². The fourth-order valence-electron chi connectivity index (χ4n) is 4.62. The summed E-state index contributed by atoms with van der Waals surface area (Å²) in [4.78, 5) is 10.9. The molecule has 0 spiro atoms. The second kappa shape index (κ2) is 28.4. The Hall–Kier alpha value is -0.570. The first-order chi connectivity index (χ1) is 17.5. The van der Waals surface area contributed by atoms with Crippen molar-refractivity contribution in [1.82, 2.24) is 6.15 Å². The van der Waals surface area contributed by atoms with E-state index in [1.54, 1.807) is 30.5 Å². The van der Waals surface area contributed by atoms with Gasteiger partial charge in [-0.2, -0.15) is 0 Å². The number of hydrogen-bond donors (Lipinski definition) is 3. The third-order valence-electron chi connectivity index (χ3n) is 7.08. The second-order valence-corrected chi connectivity index (χ2v) is 13.9. The maximum atomic E-state index is 10.4. The third kappa shape index (κ3) is 23.1. The van der Waals surface area contributed by atoms with Crippen LogP contribution in [0, 0.1) is 0 Å². The molecule has 5 heteroatoms. The molecule has 37 heavy (non-hydrogen) atoms. The molecule has 0 saturated carbocycles. The Balaban J connectivity index is 0. The van der Waals surface area contributed by atoms with Crippen LogP contribution < -0.4 is 6.15 Å². The molecule has 0 amide bonds. The van der Waals surface area contributed by atoms with Crippen LogP contribution in [0.15, 0.2) is 29.2 Å². The molecule has 218 valence electrons. The van der Waals surface area contributed by atoms with Crippen LogP contribution in [0.2, 0.25) is 0 Å². The summed E-state index contributed by atoms with van der Waals surface area (Å²) in [7, 11) is 0.305. The number of thiol groups is 1. The summed E-state index contributed by atoms with van der Waals surface area (Å²) in [5, 5.41) is 8.52. The smallest absolute Gasteiger partial charge is 0.336 e. The zero-order valence-corrected chi connectivity index (χ0v) is 26.8. The largest absolute Gasteiger partial charge is 0.478 e. The summed E-state index contributed by atoms with van der Waals surface area (Å²) < 4.78 is 0. The van der Waals surface area contributed by atoms with Crippen molar-refractivity contribution in [1.29, 1.82) is 0 Å². The van der Waals surface area contributed by atoms with Crippen molar-refractivity contribution in [3.05, 3.63) is 29.8 Å². The lowest BCUT2D eigenvalue weighted by Crippen LogP contribution is -2.06. The van der Waals surface area contributed by atoms with Crippen LogP contribution in [-0.4, -0.2) is 29.1 Å².